The van der Waals surface area contributed by atoms with E-state index in [0.29, 0.717) is 11.5 Å². The second-order valence-electron chi connectivity index (χ2n) is 7.15. The lowest BCUT2D eigenvalue weighted by molar-refractivity contribution is -0.0571. The molecule has 1 saturated heterocycles. The van der Waals surface area contributed by atoms with Gasteiger partial charge in [0.15, 0.2) is 0 Å². The smallest absolute Gasteiger partial charge is 0.0932 e. The minimum atomic E-state index is 0.0141. The van der Waals surface area contributed by atoms with Gasteiger partial charge in [-0.2, -0.15) is 0 Å². The molecule has 0 amide bonds. The Hall–Kier alpha value is -0.160. The van der Waals surface area contributed by atoms with Crippen molar-refractivity contribution in [2.75, 3.05) is 39.4 Å². The summed E-state index contributed by atoms with van der Waals surface area (Å²) < 4.78 is 5.55. The molecule has 0 bridgehead atoms. The van der Waals surface area contributed by atoms with Crippen LogP contribution in [0.15, 0.2) is 0 Å². The van der Waals surface area contributed by atoms with Gasteiger partial charge in [-0.25, -0.2) is 0 Å². The molecule has 0 aromatic carbocycles. The normalized spacial score (nSPS) is 34.5. The minimum Gasteiger partial charge on any atom is -0.394 e. The first-order valence-corrected chi connectivity index (χ1v) is 8.25. The highest BCUT2D eigenvalue weighted by Crippen LogP contribution is 2.41. The van der Waals surface area contributed by atoms with E-state index in [2.05, 4.69) is 31.0 Å². The zero-order valence-corrected chi connectivity index (χ0v) is 13.4. The van der Waals surface area contributed by atoms with Crippen molar-refractivity contribution >= 4 is 0 Å². The number of aliphatic hydroxyl groups is 1. The highest BCUT2D eigenvalue weighted by Gasteiger charge is 2.42. The van der Waals surface area contributed by atoms with Crippen molar-refractivity contribution in [3.63, 3.8) is 0 Å². The van der Waals surface area contributed by atoms with Gasteiger partial charge >= 0.3 is 0 Å². The Labute approximate surface area is 123 Å². The lowest BCUT2D eigenvalue weighted by Crippen LogP contribution is -2.50. The van der Waals surface area contributed by atoms with E-state index in [1.165, 1.54) is 19.3 Å². The van der Waals surface area contributed by atoms with Gasteiger partial charge in [0.2, 0.25) is 0 Å². The van der Waals surface area contributed by atoms with Crippen LogP contribution in [-0.4, -0.2) is 61.5 Å². The fourth-order valence-electron chi connectivity index (χ4n) is 3.85. The van der Waals surface area contributed by atoms with Gasteiger partial charge < -0.3 is 15.2 Å². The van der Waals surface area contributed by atoms with Gasteiger partial charge in [0.1, 0.15) is 0 Å². The summed E-state index contributed by atoms with van der Waals surface area (Å²) >= 11 is 0. The Kier molecular flexibility index (Phi) is 5.84. The zero-order chi connectivity index (χ0) is 14.6. The van der Waals surface area contributed by atoms with Gasteiger partial charge in [0, 0.05) is 25.7 Å². The van der Waals surface area contributed by atoms with E-state index >= 15 is 0 Å². The second-order valence-corrected chi connectivity index (χ2v) is 7.15. The van der Waals surface area contributed by atoms with Crippen LogP contribution in [0.4, 0.5) is 0 Å². The molecule has 2 N–H and O–H groups in total. The molecule has 1 aliphatic carbocycles. The lowest BCUT2D eigenvalue weighted by Gasteiger charge is -2.37. The summed E-state index contributed by atoms with van der Waals surface area (Å²) in [5, 5.41) is 13.0. The third kappa shape index (κ3) is 3.94. The number of ether oxygens (including phenoxy) is 1. The predicted octanol–water partition coefficient (Wildman–Crippen LogP) is 1.48. The Morgan fingerprint density at radius 2 is 2.20 bits per heavy atom. The van der Waals surface area contributed by atoms with E-state index in [1.54, 1.807) is 0 Å². The number of morpholine rings is 1. The maximum Gasteiger partial charge on any atom is 0.0932 e. The molecule has 0 aromatic heterocycles. The van der Waals surface area contributed by atoms with E-state index < -0.39 is 0 Å². The molecular formula is C16H32N2O2. The molecule has 0 radical (unpaired) electrons. The molecule has 1 heterocycles. The topological polar surface area (TPSA) is 44.7 Å². The number of aliphatic hydroxyl groups excluding tert-OH is 1. The van der Waals surface area contributed by atoms with Gasteiger partial charge in [0.05, 0.1) is 19.3 Å². The molecule has 2 fully saturated rings. The fraction of sp³-hybridized carbons (Fsp3) is 1.00. The Bertz CT molecular complexity index is 296. The molecule has 0 aromatic rings. The third-order valence-electron chi connectivity index (χ3n) is 5.01. The Morgan fingerprint density at radius 3 is 2.90 bits per heavy atom. The van der Waals surface area contributed by atoms with Gasteiger partial charge in [-0.15, -0.1) is 0 Å². The van der Waals surface area contributed by atoms with E-state index in [1.807, 2.05) is 0 Å². The minimum absolute atomic E-state index is 0.0141. The van der Waals surface area contributed by atoms with E-state index in [-0.39, 0.29) is 12.7 Å². The number of nitrogens with zero attached hydrogens (tertiary/aromatic N) is 1. The van der Waals surface area contributed by atoms with Gasteiger partial charge in [0.25, 0.3) is 0 Å². The quantitative estimate of drug-likeness (QED) is 0.775. The van der Waals surface area contributed by atoms with Gasteiger partial charge in [-0.05, 0) is 37.1 Å². The monoisotopic (exact) mass is 284 g/mol. The maximum absolute atomic E-state index is 9.26. The van der Waals surface area contributed by atoms with Crippen molar-refractivity contribution in [1.29, 1.82) is 0 Å². The van der Waals surface area contributed by atoms with Gasteiger partial charge in [-0.3, -0.25) is 4.90 Å². The van der Waals surface area contributed by atoms with E-state index in [9.17, 15) is 5.11 Å². The van der Waals surface area contributed by atoms with Crippen LogP contribution in [0, 0.1) is 11.3 Å². The lowest BCUT2D eigenvalue weighted by atomic mass is 9.84. The molecule has 20 heavy (non-hydrogen) atoms. The maximum atomic E-state index is 9.26. The van der Waals surface area contributed by atoms with Crippen LogP contribution in [0.1, 0.15) is 40.0 Å². The van der Waals surface area contributed by atoms with Crippen molar-refractivity contribution in [2.45, 2.75) is 52.2 Å². The van der Waals surface area contributed by atoms with Crippen LogP contribution < -0.4 is 5.32 Å². The summed E-state index contributed by atoms with van der Waals surface area (Å²) in [4.78, 5) is 2.48. The van der Waals surface area contributed by atoms with Crippen LogP contribution in [-0.2, 0) is 4.74 Å². The highest BCUT2D eigenvalue weighted by atomic mass is 16.5. The van der Waals surface area contributed by atoms with Crippen LogP contribution in [0.3, 0.4) is 0 Å². The zero-order valence-electron chi connectivity index (χ0n) is 13.4. The molecule has 3 atom stereocenters. The van der Waals surface area contributed by atoms with Crippen molar-refractivity contribution in [3.05, 3.63) is 0 Å². The number of rotatable bonds is 6. The Morgan fingerprint density at radius 1 is 1.40 bits per heavy atom. The van der Waals surface area contributed by atoms with Gasteiger partial charge in [-0.1, -0.05) is 20.8 Å². The first-order valence-electron chi connectivity index (χ1n) is 8.25. The second kappa shape index (κ2) is 7.21. The highest BCUT2D eigenvalue weighted by molar-refractivity contribution is 4.97. The van der Waals surface area contributed by atoms with Crippen LogP contribution >= 0.6 is 0 Å². The summed E-state index contributed by atoms with van der Waals surface area (Å²) in [5.74, 6) is 0.731. The summed E-state index contributed by atoms with van der Waals surface area (Å²) in [7, 11) is 0. The largest absolute Gasteiger partial charge is 0.394 e. The average Bonchev–Trinajstić information content (AvgIpc) is 2.72. The Balaban J connectivity index is 1.90. The van der Waals surface area contributed by atoms with Crippen molar-refractivity contribution in [1.82, 2.24) is 10.2 Å². The predicted molar refractivity (Wildman–Crippen MR) is 81.9 cm³/mol. The molecule has 118 valence electrons. The summed E-state index contributed by atoms with van der Waals surface area (Å²) in [5.41, 5.74) is 0.405. The number of hydrogen-bond donors (Lipinski definition) is 2. The average molecular weight is 284 g/mol. The van der Waals surface area contributed by atoms with E-state index in [0.717, 1.165) is 38.7 Å². The molecule has 2 aliphatic rings. The summed E-state index contributed by atoms with van der Waals surface area (Å²) in [6.07, 6.45) is 3.84. The number of nitrogens with one attached hydrogen (secondary N) is 1. The SMILES string of the molecule is CCCNC1C(CN2CCOC(CO)C2)CCC1(C)C. The molecule has 2 rings (SSSR count). The molecule has 1 saturated carbocycles. The molecule has 1 aliphatic heterocycles. The third-order valence-corrected chi connectivity index (χ3v) is 5.01. The molecule has 4 nitrogen and oxygen atoms in total. The molecule has 4 heteroatoms. The van der Waals surface area contributed by atoms with Crippen molar-refractivity contribution in [2.24, 2.45) is 11.3 Å². The first kappa shape index (κ1) is 16.2. The van der Waals surface area contributed by atoms with Crippen LogP contribution in [0.25, 0.3) is 0 Å². The summed E-state index contributed by atoms with van der Waals surface area (Å²) in [6, 6.07) is 0.623. The molecule has 0 spiro atoms. The van der Waals surface area contributed by atoms with Crippen LogP contribution in [0.5, 0.6) is 0 Å². The van der Waals surface area contributed by atoms with Crippen LogP contribution in [0.2, 0.25) is 0 Å². The standard InChI is InChI=1S/C16H32N2O2/c1-4-7-17-15-13(5-6-16(15,2)3)10-18-8-9-20-14(11-18)12-19/h13-15,17,19H,4-12H2,1-3H3. The number of hydrogen-bond acceptors (Lipinski definition) is 4. The fourth-order valence-corrected chi connectivity index (χ4v) is 3.85. The molecule has 3 unspecified atom stereocenters. The van der Waals surface area contributed by atoms with Crippen molar-refractivity contribution in [3.8, 4) is 0 Å². The van der Waals surface area contributed by atoms with E-state index in [4.69, 9.17) is 4.74 Å². The van der Waals surface area contributed by atoms with Crippen molar-refractivity contribution < 1.29 is 9.84 Å². The molecular weight excluding hydrogens is 252 g/mol. The first-order chi connectivity index (χ1) is 9.56. The summed E-state index contributed by atoms with van der Waals surface area (Å²) in [6.45, 7) is 12.1.